The van der Waals surface area contributed by atoms with Crippen molar-refractivity contribution in [2.24, 2.45) is 0 Å². The minimum Gasteiger partial charge on any atom is -0.487 e. The lowest BCUT2D eigenvalue weighted by atomic mass is 10.0. The van der Waals surface area contributed by atoms with Crippen LogP contribution < -0.4 is 4.74 Å². The first-order valence-electron chi connectivity index (χ1n) is 9.16. The number of hydrogen-bond acceptors (Lipinski definition) is 3. The number of pyridine rings is 1. The molecule has 0 aliphatic carbocycles. The summed E-state index contributed by atoms with van der Waals surface area (Å²) in [5, 5.41) is 11.3. The summed E-state index contributed by atoms with van der Waals surface area (Å²) in [6.45, 7) is 0.385. The van der Waals surface area contributed by atoms with E-state index in [9.17, 15) is 5.26 Å². The second kappa shape index (κ2) is 8.60. The third kappa shape index (κ3) is 4.63. The fourth-order valence-corrected chi connectivity index (χ4v) is 3.11. The van der Waals surface area contributed by atoms with Crippen LogP contribution >= 0.6 is 11.6 Å². The van der Waals surface area contributed by atoms with Crippen LogP contribution in [0.1, 0.15) is 16.8 Å². The van der Waals surface area contributed by atoms with Gasteiger partial charge in [0, 0.05) is 10.4 Å². The van der Waals surface area contributed by atoms with Gasteiger partial charge in [0.25, 0.3) is 0 Å². The van der Waals surface area contributed by atoms with Crippen LogP contribution in [0.2, 0.25) is 5.02 Å². The van der Waals surface area contributed by atoms with Gasteiger partial charge in [-0.3, -0.25) is 0 Å². The number of benzene rings is 3. The Bertz CT molecular complexity index is 1210. The lowest BCUT2D eigenvalue weighted by molar-refractivity contribution is 0.302. The highest BCUT2D eigenvalue weighted by atomic mass is 35.5. The molecule has 0 spiro atoms. The van der Waals surface area contributed by atoms with E-state index in [1.54, 1.807) is 12.1 Å². The number of aromatic nitrogens is 1. The summed E-state index contributed by atoms with van der Waals surface area (Å²) >= 11 is 5.92. The summed E-state index contributed by atoms with van der Waals surface area (Å²) in [6, 6.07) is 29.1. The summed E-state index contributed by atoms with van der Waals surface area (Å²) in [5.41, 5.74) is 4.16. The molecule has 4 aromatic rings. The number of halogens is 1. The molecular formula is C25H17ClN2O. The van der Waals surface area contributed by atoms with Gasteiger partial charge in [0.1, 0.15) is 12.4 Å². The highest BCUT2D eigenvalue weighted by Crippen LogP contribution is 2.22. The van der Waals surface area contributed by atoms with Gasteiger partial charge in [-0.2, -0.15) is 5.26 Å². The maximum absolute atomic E-state index is 9.52. The molecular weight excluding hydrogens is 380 g/mol. The Kier molecular flexibility index (Phi) is 5.56. The second-order valence-electron chi connectivity index (χ2n) is 6.53. The summed E-state index contributed by atoms with van der Waals surface area (Å²) in [4.78, 5) is 4.62. The summed E-state index contributed by atoms with van der Waals surface area (Å²) < 4.78 is 5.86. The Hall–Kier alpha value is -3.61. The van der Waals surface area contributed by atoms with Crippen molar-refractivity contribution >= 4 is 34.2 Å². The Morgan fingerprint density at radius 1 is 0.931 bits per heavy atom. The predicted molar refractivity (Wildman–Crippen MR) is 117 cm³/mol. The maximum Gasteiger partial charge on any atom is 0.130 e. The van der Waals surface area contributed by atoms with Crippen LogP contribution in [0.4, 0.5) is 0 Å². The lowest BCUT2D eigenvalue weighted by Crippen LogP contribution is -1.98. The van der Waals surface area contributed by atoms with Gasteiger partial charge in [0.2, 0.25) is 0 Å². The molecule has 0 saturated heterocycles. The first-order valence-corrected chi connectivity index (χ1v) is 9.54. The minimum absolute atomic E-state index is 0.385. The Morgan fingerprint density at radius 2 is 1.69 bits per heavy atom. The molecule has 0 bridgehead atoms. The number of fused-ring (bicyclic) bond motifs is 1. The first kappa shape index (κ1) is 18.7. The number of ether oxygens (including phenoxy) is 1. The molecule has 1 aromatic heterocycles. The van der Waals surface area contributed by atoms with E-state index >= 15 is 0 Å². The summed E-state index contributed by atoms with van der Waals surface area (Å²) in [6.07, 6.45) is 1.84. The van der Waals surface area contributed by atoms with Crippen molar-refractivity contribution in [1.29, 1.82) is 5.26 Å². The van der Waals surface area contributed by atoms with Crippen LogP contribution in [0.15, 0.2) is 84.9 Å². The lowest BCUT2D eigenvalue weighted by Gasteiger charge is -2.08. The minimum atomic E-state index is 0.385. The first-order chi connectivity index (χ1) is 14.2. The highest BCUT2D eigenvalue weighted by Gasteiger charge is 2.04. The summed E-state index contributed by atoms with van der Waals surface area (Å²) in [7, 11) is 0. The molecule has 4 rings (SSSR count). The molecule has 4 heteroatoms. The van der Waals surface area contributed by atoms with E-state index in [2.05, 4.69) is 11.1 Å². The zero-order chi connectivity index (χ0) is 20.1. The zero-order valence-corrected chi connectivity index (χ0v) is 16.3. The molecule has 3 aromatic carbocycles. The van der Waals surface area contributed by atoms with Crippen LogP contribution in [-0.2, 0) is 6.61 Å². The van der Waals surface area contributed by atoms with Crippen molar-refractivity contribution in [3.8, 4) is 11.8 Å². The van der Waals surface area contributed by atoms with Gasteiger partial charge in [-0.25, -0.2) is 4.98 Å². The zero-order valence-electron chi connectivity index (χ0n) is 15.5. The van der Waals surface area contributed by atoms with Crippen molar-refractivity contribution in [2.75, 3.05) is 0 Å². The fraction of sp³-hybridized carbons (Fsp3) is 0.0400. The third-order valence-electron chi connectivity index (χ3n) is 4.51. The van der Waals surface area contributed by atoms with Crippen LogP contribution in [0.3, 0.4) is 0 Å². The fourth-order valence-electron chi connectivity index (χ4n) is 2.98. The van der Waals surface area contributed by atoms with E-state index in [0.717, 1.165) is 33.5 Å². The molecule has 3 nitrogen and oxygen atoms in total. The van der Waals surface area contributed by atoms with Crippen molar-refractivity contribution in [3.63, 3.8) is 0 Å². The van der Waals surface area contributed by atoms with E-state index in [0.29, 0.717) is 17.2 Å². The van der Waals surface area contributed by atoms with Gasteiger partial charge < -0.3 is 4.74 Å². The van der Waals surface area contributed by atoms with Crippen molar-refractivity contribution < 1.29 is 4.74 Å². The van der Waals surface area contributed by atoms with Crippen molar-refractivity contribution in [3.05, 3.63) is 107 Å². The van der Waals surface area contributed by atoms with Crippen molar-refractivity contribution in [1.82, 2.24) is 4.98 Å². The van der Waals surface area contributed by atoms with Crippen LogP contribution in [0.5, 0.6) is 5.75 Å². The van der Waals surface area contributed by atoms with Gasteiger partial charge >= 0.3 is 0 Å². The topological polar surface area (TPSA) is 45.9 Å². The quantitative estimate of drug-likeness (QED) is 0.284. The molecule has 140 valence electrons. The Labute approximate surface area is 174 Å². The molecule has 0 fully saturated rings. The standard InChI is InChI=1S/C25H17ClN2O/c26-22-10-5-18(6-11-22)15-21(16-27)19-8-13-24(14-9-19)29-17-23-12-7-20-3-1-2-4-25(20)28-23/h1-15H,17H2. The SMILES string of the molecule is N#CC(=Cc1ccc(Cl)cc1)c1ccc(OCc2ccc3ccccc3n2)cc1. The number of nitrogens with zero attached hydrogens (tertiary/aromatic N) is 2. The molecule has 0 amide bonds. The maximum atomic E-state index is 9.52. The smallest absolute Gasteiger partial charge is 0.130 e. The van der Waals surface area contributed by atoms with Gasteiger partial charge in [0.05, 0.1) is 22.9 Å². The number of para-hydroxylation sites is 1. The number of hydrogen-bond donors (Lipinski definition) is 0. The van der Waals surface area contributed by atoms with E-state index in [-0.39, 0.29) is 0 Å². The highest BCUT2D eigenvalue weighted by molar-refractivity contribution is 6.30. The number of allylic oxidation sites excluding steroid dienone is 1. The molecule has 1 heterocycles. The van der Waals surface area contributed by atoms with E-state index < -0.39 is 0 Å². The molecule has 0 saturated carbocycles. The molecule has 0 aliphatic rings. The average molecular weight is 397 g/mol. The predicted octanol–water partition coefficient (Wildman–Crippen LogP) is 6.53. The van der Waals surface area contributed by atoms with Crippen molar-refractivity contribution in [2.45, 2.75) is 6.61 Å². The van der Waals surface area contributed by atoms with Crippen LogP contribution in [-0.4, -0.2) is 4.98 Å². The molecule has 0 N–H and O–H groups in total. The molecule has 0 radical (unpaired) electrons. The van der Waals surface area contributed by atoms with Gasteiger partial charge in [-0.15, -0.1) is 0 Å². The normalized spacial score (nSPS) is 11.2. The van der Waals surface area contributed by atoms with Gasteiger partial charge in [0.15, 0.2) is 0 Å². The van der Waals surface area contributed by atoms with E-state index in [4.69, 9.17) is 16.3 Å². The van der Waals surface area contributed by atoms with Gasteiger partial charge in [-0.1, -0.05) is 48.0 Å². The number of nitriles is 1. The largest absolute Gasteiger partial charge is 0.487 e. The monoisotopic (exact) mass is 396 g/mol. The van der Waals surface area contributed by atoms with Crippen LogP contribution in [0.25, 0.3) is 22.6 Å². The van der Waals surface area contributed by atoms with Crippen LogP contribution in [0, 0.1) is 11.3 Å². The number of rotatable bonds is 5. The van der Waals surface area contributed by atoms with E-state index in [1.165, 1.54) is 0 Å². The average Bonchev–Trinajstić information content (AvgIpc) is 2.77. The Balaban J connectivity index is 1.46. The molecule has 0 aliphatic heterocycles. The molecule has 0 unspecified atom stereocenters. The van der Waals surface area contributed by atoms with E-state index in [1.807, 2.05) is 78.9 Å². The Morgan fingerprint density at radius 3 is 2.45 bits per heavy atom. The van der Waals surface area contributed by atoms with Gasteiger partial charge in [-0.05, 0) is 65.7 Å². The molecule has 29 heavy (non-hydrogen) atoms. The summed E-state index contributed by atoms with van der Waals surface area (Å²) in [5.74, 6) is 0.729. The molecule has 0 atom stereocenters. The third-order valence-corrected chi connectivity index (χ3v) is 4.76. The second-order valence-corrected chi connectivity index (χ2v) is 6.97.